The molecule has 0 N–H and O–H groups in total. The minimum absolute atomic E-state index is 0.120. The molecular weight excluding hydrogens is 386 g/mol. The van der Waals surface area contributed by atoms with E-state index in [1.54, 1.807) is 7.11 Å². The van der Waals surface area contributed by atoms with Crippen LogP contribution in [0.15, 0.2) is 84.9 Å². The fraction of sp³-hybridized carbons (Fsp3) is 0.269. The number of piperazine rings is 1. The number of rotatable bonds is 7. The van der Waals surface area contributed by atoms with Crippen LogP contribution in [0.4, 0.5) is 17.1 Å². The molecule has 0 radical (unpaired) electrons. The minimum atomic E-state index is 0.120. The Morgan fingerprint density at radius 3 is 1.87 bits per heavy atom. The highest BCUT2D eigenvalue weighted by molar-refractivity contribution is 6.00. The van der Waals surface area contributed by atoms with Crippen molar-refractivity contribution >= 4 is 23.0 Å². The zero-order chi connectivity index (χ0) is 21.5. The van der Waals surface area contributed by atoms with Crippen LogP contribution in [0.5, 0.6) is 5.75 Å². The summed E-state index contributed by atoms with van der Waals surface area (Å²) >= 11 is 0. The summed E-state index contributed by atoms with van der Waals surface area (Å²) in [5.41, 5.74) is 3.03. The van der Waals surface area contributed by atoms with Crippen LogP contribution in [0, 0.1) is 0 Å². The first-order valence-corrected chi connectivity index (χ1v) is 10.8. The number of anilines is 3. The van der Waals surface area contributed by atoms with Crippen LogP contribution in [0.1, 0.15) is 6.42 Å². The number of amides is 1. The van der Waals surface area contributed by atoms with Crippen LogP contribution in [0.3, 0.4) is 0 Å². The first-order valence-electron chi connectivity index (χ1n) is 10.8. The third kappa shape index (κ3) is 5.25. The molecule has 1 fully saturated rings. The van der Waals surface area contributed by atoms with Gasteiger partial charge in [-0.3, -0.25) is 14.6 Å². The maximum absolute atomic E-state index is 13.2. The Kier molecular flexibility index (Phi) is 6.85. The number of hydrogen-bond acceptors (Lipinski definition) is 4. The van der Waals surface area contributed by atoms with Gasteiger partial charge in [0.15, 0.2) is 0 Å². The quantitative estimate of drug-likeness (QED) is 0.566. The van der Waals surface area contributed by atoms with Gasteiger partial charge in [-0.05, 0) is 48.5 Å². The van der Waals surface area contributed by atoms with E-state index in [9.17, 15) is 4.79 Å². The van der Waals surface area contributed by atoms with Gasteiger partial charge in [-0.15, -0.1) is 0 Å². The number of methoxy groups -OCH3 is 1. The SMILES string of the molecule is COc1ccc(N2CCN(CCC(=O)N(c3ccccc3)c3ccccc3)CC2)cc1. The van der Waals surface area contributed by atoms with Gasteiger partial charge in [0.25, 0.3) is 0 Å². The van der Waals surface area contributed by atoms with Crippen molar-refractivity contribution in [3.8, 4) is 5.75 Å². The van der Waals surface area contributed by atoms with Gasteiger partial charge in [-0.1, -0.05) is 36.4 Å². The molecular formula is C26H29N3O2. The highest BCUT2D eigenvalue weighted by Crippen LogP contribution is 2.26. The van der Waals surface area contributed by atoms with Gasteiger partial charge in [-0.25, -0.2) is 0 Å². The molecule has 5 nitrogen and oxygen atoms in total. The molecule has 1 amide bonds. The second kappa shape index (κ2) is 10.1. The number of carbonyl (C=O) groups excluding carboxylic acids is 1. The summed E-state index contributed by atoms with van der Waals surface area (Å²) in [7, 11) is 1.69. The Labute approximate surface area is 184 Å². The van der Waals surface area contributed by atoms with Gasteiger partial charge < -0.3 is 9.64 Å². The summed E-state index contributed by atoms with van der Waals surface area (Å²) < 4.78 is 5.25. The zero-order valence-corrected chi connectivity index (χ0v) is 18.0. The predicted octanol–water partition coefficient (Wildman–Crippen LogP) is 4.57. The van der Waals surface area contributed by atoms with E-state index in [-0.39, 0.29) is 5.91 Å². The van der Waals surface area contributed by atoms with E-state index in [0.29, 0.717) is 6.42 Å². The monoisotopic (exact) mass is 415 g/mol. The van der Waals surface area contributed by atoms with E-state index in [1.165, 1.54) is 5.69 Å². The molecule has 160 valence electrons. The minimum Gasteiger partial charge on any atom is -0.497 e. The maximum Gasteiger partial charge on any atom is 0.232 e. The number of ether oxygens (including phenoxy) is 1. The number of nitrogens with zero attached hydrogens (tertiary/aromatic N) is 3. The van der Waals surface area contributed by atoms with Crippen molar-refractivity contribution in [3.05, 3.63) is 84.9 Å². The molecule has 5 heteroatoms. The van der Waals surface area contributed by atoms with Gasteiger partial charge in [0, 0.05) is 56.2 Å². The fourth-order valence-corrected chi connectivity index (χ4v) is 3.98. The highest BCUT2D eigenvalue weighted by Gasteiger charge is 2.21. The van der Waals surface area contributed by atoms with Crippen LogP contribution in [-0.2, 0) is 4.79 Å². The van der Waals surface area contributed by atoms with E-state index in [2.05, 4.69) is 21.9 Å². The number of para-hydroxylation sites is 2. The van der Waals surface area contributed by atoms with E-state index in [4.69, 9.17) is 4.74 Å². The molecule has 0 saturated carbocycles. The molecule has 1 saturated heterocycles. The fourth-order valence-electron chi connectivity index (χ4n) is 3.98. The summed E-state index contributed by atoms with van der Waals surface area (Å²) in [5, 5.41) is 0. The van der Waals surface area contributed by atoms with E-state index in [0.717, 1.165) is 49.8 Å². The molecule has 3 aromatic carbocycles. The lowest BCUT2D eigenvalue weighted by Gasteiger charge is -2.36. The van der Waals surface area contributed by atoms with Gasteiger partial charge >= 0.3 is 0 Å². The first kappa shape index (κ1) is 20.9. The van der Waals surface area contributed by atoms with E-state index < -0.39 is 0 Å². The average molecular weight is 416 g/mol. The molecule has 0 bridgehead atoms. The molecule has 1 aliphatic rings. The van der Waals surface area contributed by atoms with E-state index in [1.807, 2.05) is 77.7 Å². The van der Waals surface area contributed by atoms with Crippen molar-refractivity contribution in [3.63, 3.8) is 0 Å². The number of benzene rings is 3. The molecule has 0 spiro atoms. The molecule has 0 atom stereocenters. The van der Waals surface area contributed by atoms with Crippen LogP contribution in [0.2, 0.25) is 0 Å². The standard InChI is InChI=1S/C26H29N3O2/c1-31-25-14-12-22(13-15-25)28-20-18-27(19-21-28)17-16-26(30)29(23-8-4-2-5-9-23)24-10-6-3-7-11-24/h2-15H,16-21H2,1H3. The lowest BCUT2D eigenvalue weighted by Crippen LogP contribution is -2.47. The molecule has 0 unspecified atom stereocenters. The summed E-state index contributed by atoms with van der Waals surface area (Å²) in [4.78, 5) is 19.8. The second-order valence-electron chi connectivity index (χ2n) is 7.68. The largest absolute Gasteiger partial charge is 0.497 e. The van der Waals surface area contributed by atoms with E-state index >= 15 is 0 Å². The summed E-state index contributed by atoms with van der Waals surface area (Å²) in [6.07, 6.45) is 0.492. The molecule has 1 aliphatic heterocycles. The summed E-state index contributed by atoms with van der Waals surface area (Å²) in [6, 6.07) is 28.0. The van der Waals surface area contributed by atoms with Crippen LogP contribution >= 0.6 is 0 Å². The first-order chi connectivity index (χ1) is 15.2. The van der Waals surface area contributed by atoms with Gasteiger partial charge in [0.2, 0.25) is 5.91 Å². The van der Waals surface area contributed by atoms with Crippen molar-refractivity contribution in [2.75, 3.05) is 49.6 Å². The lowest BCUT2D eigenvalue weighted by atomic mass is 10.2. The third-order valence-electron chi connectivity index (χ3n) is 5.73. The Morgan fingerprint density at radius 2 is 1.35 bits per heavy atom. The number of hydrogen-bond donors (Lipinski definition) is 0. The average Bonchev–Trinajstić information content (AvgIpc) is 2.85. The van der Waals surface area contributed by atoms with Gasteiger partial charge in [0.1, 0.15) is 5.75 Å². The smallest absolute Gasteiger partial charge is 0.232 e. The topological polar surface area (TPSA) is 36.0 Å². The predicted molar refractivity (Wildman–Crippen MR) is 126 cm³/mol. The van der Waals surface area contributed by atoms with Gasteiger partial charge in [0.05, 0.1) is 7.11 Å². The Balaban J connectivity index is 1.34. The lowest BCUT2D eigenvalue weighted by molar-refractivity contribution is -0.118. The Morgan fingerprint density at radius 1 is 0.806 bits per heavy atom. The van der Waals surface area contributed by atoms with Crippen molar-refractivity contribution in [2.45, 2.75) is 6.42 Å². The van der Waals surface area contributed by atoms with Crippen molar-refractivity contribution in [2.24, 2.45) is 0 Å². The molecule has 4 rings (SSSR count). The molecule has 0 aliphatic carbocycles. The van der Waals surface area contributed by atoms with Gasteiger partial charge in [-0.2, -0.15) is 0 Å². The third-order valence-corrected chi connectivity index (χ3v) is 5.73. The molecule has 31 heavy (non-hydrogen) atoms. The Bertz CT molecular complexity index is 913. The Hall–Kier alpha value is -3.31. The molecule has 0 aromatic heterocycles. The van der Waals surface area contributed by atoms with Crippen molar-refractivity contribution in [1.82, 2.24) is 4.90 Å². The maximum atomic E-state index is 13.2. The van der Waals surface area contributed by atoms with Crippen LogP contribution in [0.25, 0.3) is 0 Å². The zero-order valence-electron chi connectivity index (χ0n) is 18.0. The molecule has 1 heterocycles. The van der Waals surface area contributed by atoms with Crippen LogP contribution in [-0.4, -0.2) is 50.6 Å². The number of carbonyl (C=O) groups is 1. The van der Waals surface area contributed by atoms with Crippen LogP contribution < -0.4 is 14.5 Å². The van der Waals surface area contributed by atoms with Crippen molar-refractivity contribution in [1.29, 1.82) is 0 Å². The highest BCUT2D eigenvalue weighted by atomic mass is 16.5. The second-order valence-corrected chi connectivity index (χ2v) is 7.68. The summed E-state index contributed by atoms with van der Waals surface area (Å²) in [5.74, 6) is 0.997. The molecule has 3 aromatic rings. The summed E-state index contributed by atoms with van der Waals surface area (Å²) in [6.45, 7) is 4.60. The van der Waals surface area contributed by atoms with Crippen molar-refractivity contribution < 1.29 is 9.53 Å². The normalized spacial score (nSPS) is 14.3.